The Morgan fingerprint density at radius 1 is 1.31 bits per heavy atom. The van der Waals surface area contributed by atoms with Crippen LogP contribution in [0, 0.1) is 5.92 Å². The Morgan fingerprint density at radius 3 is 2.65 bits per heavy atom. The van der Waals surface area contributed by atoms with Crippen molar-refractivity contribution in [2.24, 2.45) is 5.92 Å². The van der Waals surface area contributed by atoms with Gasteiger partial charge in [-0.3, -0.25) is 14.4 Å². The largest absolute Gasteiger partial charge is 0.368 e. The quantitative estimate of drug-likeness (QED) is 0.788. The molecule has 0 radical (unpaired) electrons. The van der Waals surface area contributed by atoms with Gasteiger partial charge in [0.1, 0.15) is 18.7 Å². The Morgan fingerprint density at radius 2 is 2.00 bits per heavy atom. The van der Waals surface area contributed by atoms with Gasteiger partial charge in [0.25, 0.3) is 5.91 Å². The predicted octanol–water partition coefficient (Wildman–Crippen LogP) is 2.16. The van der Waals surface area contributed by atoms with E-state index >= 15 is 0 Å². The number of hydrogen-bond donors (Lipinski definition) is 1. The summed E-state index contributed by atoms with van der Waals surface area (Å²) in [6.07, 6.45) is 0.981. The third-order valence-electron chi connectivity index (χ3n) is 4.81. The van der Waals surface area contributed by atoms with Gasteiger partial charge in [0, 0.05) is 16.6 Å². The Labute approximate surface area is 161 Å². The van der Waals surface area contributed by atoms with E-state index < -0.39 is 12.1 Å². The number of likely N-dealkylation sites (tertiary alicyclic amines) is 1. The smallest absolute Gasteiger partial charge is 0.251 e. The normalized spacial score (nSPS) is 23.2. The number of carbonyl (C=O) groups excluding carboxylic acids is 3. The molecule has 1 aromatic rings. The van der Waals surface area contributed by atoms with Crippen LogP contribution < -0.4 is 5.32 Å². The van der Waals surface area contributed by atoms with Crippen molar-refractivity contribution >= 4 is 33.5 Å². The van der Waals surface area contributed by atoms with Crippen LogP contribution >= 0.6 is 15.9 Å². The topological polar surface area (TPSA) is 75.7 Å². The molecule has 2 fully saturated rings. The average Bonchev–Trinajstić information content (AvgIpc) is 3.17. The number of halogens is 1. The van der Waals surface area contributed by atoms with Crippen molar-refractivity contribution in [3.05, 3.63) is 34.3 Å². The summed E-state index contributed by atoms with van der Waals surface area (Å²) in [4.78, 5) is 39.3. The Bertz CT molecular complexity index is 704. The highest BCUT2D eigenvalue weighted by atomic mass is 79.9. The molecule has 1 aromatic carbocycles. The standard InChI is InChI=1S/C19H23BrN2O4/c1-11(2)9-14(21-18(24)12-3-5-13(20)6-4-12)19(25)22-8-7-16-17(22)15(23)10-26-16/h3-6,11,14,16-17H,7-10H2,1-2H3,(H,21,24)/t14-,16?,17+/m0/s1. The lowest BCUT2D eigenvalue weighted by atomic mass is 10.0. The molecule has 2 saturated heterocycles. The van der Waals surface area contributed by atoms with Crippen LogP contribution in [-0.2, 0) is 14.3 Å². The summed E-state index contributed by atoms with van der Waals surface area (Å²) in [7, 11) is 0. The van der Waals surface area contributed by atoms with E-state index in [0.29, 0.717) is 24.9 Å². The lowest BCUT2D eigenvalue weighted by molar-refractivity contribution is -0.138. The second kappa shape index (κ2) is 7.88. The number of carbonyl (C=O) groups is 3. The first-order chi connectivity index (χ1) is 12.4. The minimum Gasteiger partial charge on any atom is -0.368 e. The van der Waals surface area contributed by atoms with Crippen LogP contribution in [0.2, 0.25) is 0 Å². The van der Waals surface area contributed by atoms with Crippen molar-refractivity contribution in [1.29, 1.82) is 0 Å². The van der Waals surface area contributed by atoms with Crippen LogP contribution in [0.5, 0.6) is 0 Å². The maximum atomic E-state index is 13.1. The molecule has 0 saturated carbocycles. The molecule has 1 N–H and O–H groups in total. The van der Waals surface area contributed by atoms with Crippen LogP contribution in [0.25, 0.3) is 0 Å². The second-order valence-electron chi connectivity index (χ2n) is 7.24. The lowest BCUT2D eigenvalue weighted by Gasteiger charge is -2.28. The van der Waals surface area contributed by atoms with E-state index in [0.717, 1.165) is 4.47 Å². The summed E-state index contributed by atoms with van der Waals surface area (Å²) in [5.41, 5.74) is 0.495. The SMILES string of the molecule is CC(C)C[C@H](NC(=O)c1ccc(Br)cc1)C(=O)N1CCC2OCC(=O)[C@H]21. The van der Waals surface area contributed by atoms with Gasteiger partial charge in [0.05, 0.1) is 6.10 Å². The molecule has 3 rings (SSSR count). The number of rotatable bonds is 5. The number of nitrogens with zero attached hydrogens (tertiary/aromatic N) is 1. The lowest BCUT2D eigenvalue weighted by Crippen LogP contribution is -2.52. The van der Waals surface area contributed by atoms with Crippen molar-refractivity contribution in [2.45, 2.75) is 44.9 Å². The van der Waals surface area contributed by atoms with Gasteiger partial charge in [0.15, 0.2) is 5.78 Å². The summed E-state index contributed by atoms with van der Waals surface area (Å²) >= 11 is 3.34. The van der Waals surface area contributed by atoms with E-state index in [2.05, 4.69) is 21.2 Å². The summed E-state index contributed by atoms with van der Waals surface area (Å²) in [6, 6.07) is 5.83. The van der Waals surface area contributed by atoms with Gasteiger partial charge in [-0.05, 0) is 43.0 Å². The second-order valence-corrected chi connectivity index (χ2v) is 8.16. The van der Waals surface area contributed by atoms with Crippen LogP contribution in [0.1, 0.15) is 37.0 Å². The summed E-state index contributed by atoms with van der Waals surface area (Å²) in [5.74, 6) is -0.316. The van der Waals surface area contributed by atoms with Crippen LogP contribution in [0.3, 0.4) is 0 Å². The average molecular weight is 423 g/mol. The maximum Gasteiger partial charge on any atom is 0.251 e. The van der Waals surface area contributed by atoms with Gasteiger partial charge in [-0.25, -0.2) is 0 Å². The van der Waals surface area contributed by atoms with E-state index in [9.17, 15) is 14.4 Å². The van der Waals surface area contributed by atoms with E-state index in [1.54, 1.807) is 29.2 Å². The van der Waals surface area contributed by atoms with Crippen molar-refractivity contribution in [1.82, 2.24) is 10.2 Å². The van der Waals surface area contributed by atoms with Gasteiger partial charge >= 0.3 is 0 Å². The molecule has 7 heteroatoms. The number of ether oxygens (including phenoxy) is 1. The number of nitrogens with one attached hydrogen (secondary N) is 1. The zero-order valence-corrected chi connectivity index (χ0v) is 16.5. The fourth-order valence-electron chi connectivity index (χ4n) is 3.58. The Kier molecular flexibility index (Phi) is 5.77. The zero-order valence-electron chi connectivity index (χ0n) is 14.9. The number of amides is 2. The van der Waals surface area contributed by atoms with Gasteiger partial charge in [-0.1, -0.05) is 29.8 Å². The molecule has 6 nitrogen and oxygen atoms in total. The first-order valence-electron chi connectivity index (χ1n) is 8.88. The molecular formula is C19H23BrN2O4. The molecule has 2 amide bonds. The highest BCUT2D eigenvalue weighted by Gasteiger charge is 2.48. The Balaban J connectivity index is 1.75. The molecule has 0 bridgehead atoms. The molecule has 1 unspecified atom stereocenters. The van der Waals surface area contributed by atoms with Gasteiger partial charge in [0.2, 0.25) is 5.91 Å². The fourth-order valence-corrected chi connectivity index (χ4v) is 3.84. The highest BCUT2D eigenvalue weighted by molar-refractivity contribution is 9.10. The number of fused-ring (bicyclic) bond motifs is 1. The third kappa shape index (κ3) is 3.99. The minimum atomic E-state index is -0.654. The molecular weight excluding hydrogens is 400 g/mol. The van der Waals surface area contributed by atoms with Gasteiger partial charge < -0.3 is 15.0 Å². The first-order valence-corrected chi connectivity index (χ1v) is 9.67. The summed E-state index contributed by atoms with van der Waals surface area (Å²) < 4.78 is 6.34. The van der Waals surface area contributed by atoms with Crippen molar-refractivity contribution in [3.8, 4) is 0 Å². The Hall–Kier alpha value is -1.73. The molecule has 2 aliphatic rings. The van der Waals surface area contributed by atoms with Crippen LogP contribution in [-0.4, -0.2) is 53.8 Å². The number of benzene rings is 1. The zero-order chi connectivity index (χ0) is 18.8. The molecule has 0 spiro atoms. The monoisotopic (exact) mass is 422 g/mol. The maximum absolute atomic E-state index is 13.1. The van der Waals surface area contributed by atoms with E-state index in [1.807, 2.05) is 13.8 Å². The van der Waals surface area contributed by atoms with Crippen LogP contribution in [0.4, 0.5) is 0 Å². The van der Waals surface area contributed by atoms with Crippen LogP contribution in [0.15, 0.2) is 28.7 Å². The third-order valence-corrected chi connectivity index (χ3v) is 5.34. The van der Waals surface area contributed by atoms with E-state index in [1.165, 1.54) is 0 Å². The molecule has 2 heterocycles. The molecule has 140 valence electrons. The first kappa shape index (κ1) is 19.0. The van der Waals surface area contributed by atoms with E-state index in [-0.39, 0.29) is 36.2 Å². The fraction of sp³-hybridized carbons (Fsp3) is 0.526. The molecule has 0 aromatic heterocycles. The number of hydrogen-bond acceptors (Lipinski definition) is 4. The van der Waals surface area contributed by atoms with Crippen molar-refractivity contribution in [3.63, 3.8) is 0 Å². The van der Waals surface area contributed by atoms with Crippen molar-refractivity contribution < 1.29 is 19.1 Å². The van der Waals surface area contributed by atoms with Gasteiger partial charge in [-0.2, -0.15) is 0 Å². The molecule has 26 heavy (non-hydrogen) atoms. The van der Waals surface area contributed by atoms with Gasteiger partial charge in [-0.15, -0.1) is 0 Å². The number of Topliss-reactive ketones (excluding diaryl/α,β-unsaturated/α-hetero) is 1. The van der Waals surface area contributed by atoms with Crippen molar-refractivity contribution in [2.75, 3.05) is 13.2 Å². The number of ketones is 1. The highest BCUT2D eigenvalue weighted by Crippen LogP contribution is 2.28. The minimum absolute atomic E-state index is 0.0524. The summed E-state index contributed by atoms with van der Waals surface area (Å²) in [6.45, 7) is 4.56. The molecule has 0 aliphatic carbocycles. The van der Waals surface area contributed by atoms with E-state index in [4.69, 9.17) is 4.74 Å². The predicted molar refractivity (Wildman–Crippen MR) is 99.7 cm³/mol. The molecule has 3 atom stereocenters. The summed E-state index contributed by atoms with van der Waals surface area (Å²) in [5, 5.41) is 2.86. The molecule has 2 aliphatic heterocycles.